The molecule has 10 nitrogen and oxygen atoms in total. The summed E-state index contributed by atoms with van der Waals surface area (Å²) in [5.74, 6) is 1.54. The molecule has 0 fully saturated rings. The van der Waals surface area contributed by atoms with E-state index < -0.39 is 20.0 Å². The number of aromatic nitrogens is 2. The first-order chi connectivity index (χ1) is 25.1. The molecule has 1 aliphatic rings. The Balaban J connectivity index is 0.000000178. The molecule has 0 unspecified atom stereocenters. The molecule has 2 aromatic heterocycles. The van der Waals surface area contributed by atoms with Gasteiger partial charge in [-0.25, -0.2) is 26.8 Å². The average molecular weight is 924 g/mol. The van der Waals surface area contributed by atoms with Crippen LogP contribution < -0.4 is 0 Å². The summed E-state index contributed by atoms with van der Waals surface area (Å²) >= 11 is 0. The van der Waals surface area contributed by atoms with Crippen molar-refractivity contribution >= 4 is 48.6 Å². The third-order valence-electron chi connectivity index (χ3n) is 8.18. The van der Waals surface area contributed by atoms with Crippen molar-refractivity contribution in [1.29, 1.82) is 0 Å². The zero-order chi connectivity index (χ0) is 36.3. The maximum Gasteiger partial charge on any atom is 2.00 e. The van der Waals surface area contributed by atoms with Gasteiger partial charge in [-0.2, -0.15) is 0 Å². The van der Waals surface area contributed by atoms with Crippen LogP contribution in [0.1, 0.15) is 29.0 Å². The van der Waals surface area contributed by atoms with E-state index in [1.165, 1.54) is 0 Å². The smallest absolute Gasteiger partial charge is 0.572 e. The zero-order valence-corrected chi connectivity index (χ0v) is 32.4. The molecule has 5 aromatic carbocycles. The van der Waals surface area contributed by atoms with Gasteiger partial charge in [0, 0.05) is 17.5 Å². The Morgan fingerprint density at radius 1 is 0.585 bits per heavy atom. The summed E-state index contributed by atoms with van der Waals surface area (Å²) in [7, 11) is -7.66. The van der Waals surface area contributed by atoms with E-state index in [9.17, 15) is 16.8 Å². The standard InChI is InChI=1S/C20H17N2O3S.C20H15N2O3S.Pt/c2*1-14-10-12-15(13-11-14)26(23,24)22-17-7-3-2-6-16(17)20-21-18-8-4-5-9-19(18)25-20;/h2-4,6-8,10-13H,5,9H2,1H3;2-13H,1H3;/q2*-1;+2. The van der Waals surface area contributed by atoms with Crippen LogP contribution in [0.2, 0.25) is 0 Å². The molecule has 0 atom stereocenters. The first-order valence-corrected chi connectivity index (χ1v) is 19.2. The Morgan fingerprint density at radius 2 is 1.08 bits per heavy atom. The molecule has 270 valence electrons. The fourth-order valence-electron chi connectivity index (χ4n) is 5.44. The number of oxazole rings is 2. The second-order valence-corrected chi connectivity index (χ2v) is 15.3. The molecule has 0 N–H and O–H groups in total. The molecule has 0 saturated heterocycles. The Labute approximate surface area is 322 Å². The summed E-state index contributed by atoms with van der Waals surface area (Å²) in [6.45, 7) is 3.80. The Morgan fingerprint density at radius 3 is 1.60 bits per heavy atom. The monoisotopic (exact) mass is 923 g/mol. The van der Waals surface area contributed by atoms with E-state index in [2.05, 4.69) is 19.4 Å². The molecule has 8 rings (SSSR count). The number of allylic oxidation sites excluding steroid dienone is 1. The molecule has 0 aliphatic heterocycles. The van der Waals surface area contributed by atoms with Crippen molar-refractivity contribution in [2.45, 2.75) is 36.5 Å². The third kappa shape index (κ3) is 8.52. The molecule has 0 amide bonds. The van der Waals surface area contributed by atoms with Gasteiger partial charge in [0.05, 0.1) is 9.79 Å². The van der Waals surface area contributed by atoms with Crippen molar-refractivity contribution in [2.24, 2.45) is 0 Å². The van der Waals surface area contributed by atoms with E-state index in [4.69, 9.17) is 8.83 Å². The minimum atomic E-state index is -3.84. The second-order valence-electron chi connectivity index (χ2n) is 12.0. The molecule has 53 heavy (non-hydrogen) atoms. The van der Waals surface area contributed by atoms with Gasteiger partial charge in [-0.15, -0.1) is 11.4 Å². The van der Waals surface area contributed by atoms with Crippen molar-refractivity contribution < 1.29 is 46.7 Å². The van der Waals surface area contributed by atoms with Gasteiger partial charge in [0.15, 0.2) is 5.58 Å². The number of hydrogen-bond donors (Lipinski definition) is 0. The molecule has 0 saturated carbocycles. The molecular formula is C40H32N4O6PtS2. The van der Waals surface area contributed by atoms with E-state index in [1.807, 2.05) is 56.3 Å². The number of fused-ring (bicyclic) bond motifs is 2. The van der Waals surface area contributed by atoms with Crippen molar-refractivity contribution in [2.75, 3.05) is 0 Å². The topological polar surface area (TPSA) is 149 Å². The van der Waals surface area contributed by atoms with Crippen LogP contribution in [0.25, 0.3) is 49.5 Å². The van der Waals surface area contributed by atoms with Crippen LogP contribution in [0.3, 0.4) is 0 Å². The number of hydrogen-bond acceptors (Lipinski definition) is 8. The summed E-state index contributed by atoms with van der Waals surface area (Å²) in [5.41, 5.74) is 5.80. The van der Waals surface area contributed by atoms with Gasteiger partial charge < -0.3 is 18.3 Å². The molecule has 7 aromatic rings. The van der Waals surface area contributed by atoms with E-state index in [-0.39, 0.29) is 30.9 Å². The molecular weight excluding hydrogens is 892 g/mol. The molecule has 0 spiro atoms. The van der Waals surface area contributed by atoms with Crippen LogP contribution in [0, 0.1) is 13.8 Å². The number of nitrogens with zero attached hydrogens (tertiary/aromatic N) is 4. The van der Waals surface area contributed by atoms with E-state index in [0.29, 0.717) is 45.4 Å². The summed E-state index contributed by atoms with van der Waals surface area (Å²) in [6, 6.07) is 34.5. The number of aryl methyl sites for hydroxylation is 3. The number of para-hydroxylation sites is 2. The van der Waals surface area contributed by atoms with Gasteiger partial charge in [-0.3, -0.25) is 0 Å². The molecule has 13 heteroatoms. The predicted molar refractivity (Wildman–Crippen MR) is 202 cm³/mol. The maximum atomic E-state index is 12.7. The number of benzene rings is 5. The Hall–Kier alpha value is -5.29. The first-order valence-electron chi connectivity index (χ1n) is 16.4. The van der Waals surface area contributed by atoms with E-state index in [0.717, 1.165) is 35.4 Å². The Bertz CT molecular complexity index is 2600. The average Bonchev–Trinajstić information content (AvgIpc) is 3.77. The van der Waals surface area contributed by atoms with Gasteiger partial charge in [-0.1, -0.05) is 102 Å². The van der Waals surface area contributed by atoms with Crippen LogP contribution in [-0.4, -0.2) is 26.8 Å². The molecule has 1 aliphatic carbocycles. The van der Waals surface area contributed by atoms with Gasteiger partial charge in [0.25, 0.3) is 0 Å². The SMILES string of the molecule is Cc1ccc(S(=O)(=O)[N-]c2ccccc2-c2nc3c(o2)CCC=C3)cc1.Cc1ccc(S(=O)(=O)[N-]c2ccccc2-c2nc3ccccc3o2)cc1.[Pt+2]. The Kier molecular flexibility index (Phi) is 11.1. The summed E-state index contributed by atoms with van der Waals surface area (Å²) < 4.78 is 70.3. The summed E-state index contributed by atoms with van der Waals surface area (Å²) in [4.78, 5) is 9.23. The third-order valence-corrected chi connectivity index (χ3v) is 10.8. The van der Waals surface area contributed by atoms with Crippen LogP contribution in [0.15, 0.2) is 146 Å². The molecule has 0 bridgehead atoms. The zero-order valence-electron chi connectivity index (χ0n) is 28.5. The van der Waals surface area contributed by atoms with Crippen LogP contribution >= 0.6 is 0 Å². The first kappa shape index (κ1) is 37.5. The number of sulfonamides is 2. The van der Waals surface area contributed by atoms with Gasteiger partial charge >= 0.3 is 21.1 Å². The van der Waals surface area contributed by atoms with Crippen molar-refractivity contribution in [3.8, 4) is 22.9 Å². The van der Waals surface area contributed by atoms with E-state index >= 15 is 0 Å². The van der Waals surface area contributed by atoms with Crippen molar-refractivity contribution in [1.82, 2.24) is 9.97 Å². The van der Waals surface area contributed by atoms with E-state index in [1.54, 1.807) is 91.0 Å². The molecule has 2 heterocycles. The van der Waals surface area contributed by atoms with Gasteiger partial charge in [-0.05, 0) is 62.7 Å². The van der Waals surface area contributed by atoms with Crippen LogP contribution in [-0.2, 0) is 47.5 Å². The van der Waals surface area contributed by atoms with Crippen molar-refractivity contribution in [3.05, 3.63) is 159 Å². The van der Waals surface area contributed by atoms with Gasteiger partial charge in [0.2, 0.25) is 11.8 Å². The summed E-state index contributed by atoms with van der Waals surface area (Å²) in [5, 5.41) is 0. The van der Waals surface area contributed by atoms with Crippen molar-refractivity contribution in [3.63, 3.8) is 0 Å². The molecule has 0 radical (unpaired) electrons. The number of rotatable bonds is 8. The van der Waals surface area contributed by atoms with Crippen LogP contribution in [0.4, 0.5) is 11.4 Å². The minimum absolute atomic E-state index is 0. The maximum absolute atomic E-state index is 12.7. The predicted octanol–water partition coefficient (Wildman–Crippen LogP) is 10.2. The minimum Gasteiger partial charge on any atom is -0.572 e. The van der Waals surface area contributed by atoms with Gasteiger partial charge in [0.1, 0.15) is 37.0 Å². The largest absolute Gasteiger partial charge is 2.00 e. The summed E-state index contributed by atoms with van der Waals surface area (Å²) in [6.07, 6.45) is 5.68. The quantitative estimate of drug-likeness (QED) is 0.146. The fraction of sp³-hybridized carbons (Fsp3) is 0.100. The normalized spacial score (nSPS) is 12.3. The van der Waals surface area contributed by atoms with Crippen LogP contribution in [0.5, 0.6) is 0 Å². The second kappa shape index (κ2) is 15.8. The fourth-order valence-corrected chi connectivity index (χ4v) is 7.45.